The molecule has 43 heavy (non-hydrogen) atoms. The van der Waals surface area contributed by atoms with Crippen molar-refractivity contribution >= 4 is 27.5 Å². The summed E-state index contributed by atoms with van der Waals surface area (Å²) in [5.74, 6) is 1.16. The van der Waals surface area contributed by atoms with Crippen LogP contribution in [0.4, 0.5) is 5.69 Å². The van der Waals surface area contributed by atoms with Gasteiger partial charge in [-0.2, -0.15) is 0 Å². The predicted octanol–water partition coefficient (Wildman–Crippen LogP) is 5.51. The molecule has 0 aromatic heterocycles. The van der Waals surface area contributed by atoms with Gasteiger partial charge in [-0.1, -0.05) is 56.5 Å². The Labute approximate surface area is 254 Å². The number of sulfonamides is 1. The number of ether oxygens (including phenoxy) is 2. The monoisotopic (exact) mass is 607 g/mol. The molecule has 0 heterocycles. The van der Waals surface area contributed by atoms with E-state index in [0.717, 1.165) is 48.2 Å². The molecule has 1 N–H and O–H groups in total. The van der Waals surface area contributed by atoms with Crippen molar-refractivity contribution in [2.24, 2.45) is 0 Å². The van der Waals surface area contributed by atoms with Gasteiger partial charge in [-0.15, -0.1) is 0 Å². The highest BCUT2D eigenvalue weighted by molar-refractivity contribution is 7.92. The highest BCUT2D eigenvalue weighted by atomic mass is 32.2. The number of amides is 2. The van der Waals surface area contributed by atoms with E-state index in [2.05, 4.69) is 5.32 Å². The number of rotatable bonds is 13. The SMILES string of the molecule is CC[C@@H](C(=O)NC1CCCCC1)N(Cc1ccc(OC)cc1)C(=O)CN(c1ccc(Oc2ccccc2)cc1)S(C)(=O)=O. The lowest BCUT2D eigenvalue weighted by atomic mass is 9.95. The van der Waals surface area contributed by atoms with Crippen molar-refractivity contribution in [3.63, 3.8) is 0 Å². The van der Waals surface area contributed by atoms with E-state index in [4.69, 9.17) is 9.47 Å². The first-order chi connectivity index (χ1) is 20.7. The number of anilines is 1. The zero-order valence-electron chi connectivity index (χ0n) is 25.1. The van der Waals surface area contributed by atoms with Gasteiger partial charge in [0, 0.05) is 12.6 Å². The lowest BCUT2D eigenvalue weighted by Gasteiger charge is -2.34. The predicted molar refractivity (Wildman–Crippen MR) is 168 cm³/mol. The fourth-order valence-electron chi connectivity index (χ4n) is 5.31. The second-order valence-electron chi connectivity index (χ2n) is 10.8. The largest absolute Gasteiger partial charge is 0.497 e. The summed E-state index contributed by atoms with van der Waals surface area (Å²) < 4.78 is 38.1. The number of methoxy groups -OCH3 is 1. The summed E-state index contributed by atoms with van der Waals surface area (Å²) in [6.07, 6.45) is 6.57. The third kappa shape index (κ3) is 8.97. The number of nitrogens with zero attached hydrogens (tertiary/aromatic N) is 2. The van der Waals surface area contributed by atoms with E-state index in [-0.39, 0.29) is 18.5 Å². The molecule has 230 valence electrons. The maximum Gasteiger partial charge on any atom is 0.244 e. The smallest absolute Gasteiger partial charge is 0.244 e. The van der Waals surface area contributed by atoms with Gasteiger partial charge in [-0.25, -0.2) is 8.42 Å². The molecule has 0 aliphatic heterocycles. The number of para-hydroxylation sites is 1. The van der Waals surface area contributed by atoms with Crippen LogP contribution >= 0.6 is 0 Å². The van der Waals surface area contributed by atoms with Crippen LogP contribution in [-0.4, -0.2) is 57.1 Å². The lowest BCUT2D eigenvalue weighted by molar-refractivity contribution is -0.140. The average Bonchev–Trinajstić information content (AvgIpc) is 3.01. The molecule has 1 saturated carbocycles. The molecule has 1 aliphatic rings. The topological polar surface area (TPSA) is 105 Å². The van der Waals surface area contributed by atoms with E-state index in [0.29, 0.717) is 29.4 Å². The van der Waals surface area contributed by atoms with E-state index >= 15 is 0 Å². The highest BCUT2D eigenvalue weighted by Gasteiger charge is 2.32. The van der Waals surface area contributed by atoms with Crippen LogP contribution in [0.1, 0.15) is 51.0 Å². The Hall–Kier alpha value is -4.05. The fraction of sp³-hybridized carbons (Fsp3) is 0.394. The lowest BCUT2D eigenvalue weighted by Crippen LogP contribution is -2.53. The van der Waals surface area contributed by atoms with Crippen molar-refractivity contribution in [3.05, 3.63) is 84.4 Å². The molecule has 0 saturated heterocycles. The van der Waals surface area contributed by atoms with Gasteiger partial charge in [0.1, 0.15) is 29.8 Å². The van der Waals surface area contributed by atoms with Gasteiger partial charge >= 0.3 is 0 Å². The quantitative estimate of drug-likeness (QED) is 0.275. The summed E-state index contributed by atoms with van der Waals surface area (Å²) in [6, 6.07) is 22.4. The molecule has 3 aromatic rings. The Morgan fingerprint density at radius 3 is 2.07 bits per heavy atom. The maximum atomic E-state index is 14.0. The number of hydrogen-bond donors (Lipinski definition) is 1. The summed E-state index contributed by atoms with van der Waals surface area (Å²) >= 11 is 0. The van der Waals surface area contributed by atoms with Crippen LogP contribution < -0.4 is 19.1 Å². The Morgan fingerprint density at radius 2 is 1.49 bits per heavy atom. The minimum Gasteiger partial charge on any atom is -0.497 e. The molecule has 1 fully saturated rings. The minimum absolute atomic E-state index is 0.0809. The van der Waals surface area contributed by atoms with E-state index in [9.17, 15) is 18.0 Å². The standard InChI is InChI=1S/C33H41N3O6S/c1-4-31(33(38)34-26-11-7-5-8-12-26)35(23-25-15-19-28(41-2)20-16-25)32(37)24-36(43(3,39)40)27-17-21-30(22-18-27)42-29-13-9-6-10-14-29/h6,9-10,13-22,26,31H,4-5,7-8,11-12,23-24H2,1-3H3,(H,34,38)/t31-/m0/s1. The fourth-order valence-corrected chi connectivity index (χ4v) is 6.16. The second-order valence-corrected chi connectivity index (χ2v) is 12.7. The van der Waals surface area contributed by atoms with Crippen molar-refractivity contribution in [3.8, 4) is 17.2 Å². The number of carbonyl (C=O) groups excluding carboxylic acids is 2. The number of carbonyl (C=O) groups is 2. The van der Waals surface area contributed by atoms with Crippen molar-refractivity contribution in [2.45, 2.75) is 64.1 Å². The molecule has 2 amide bonds. The summed E-state index contributed by atoms with van der Waals surface area (Å²) in [7, 11) is -2.27. The van der Waals surface area contributed by atoms with Crippen LogP contribution in [0.5, 0.6) is 17.2 Å². The Balaban J connectivity index is 1.58. The van der Waals surface area contributed by atoms with Gasteiger partial charge in [-0.05, 0) is 73.4 Å². The van der Waals surface area contributed by atoms with Gasteiger partial charge in [-0.3, -0.25) is 13.9 Å². The van der Waals surface area contributed by atoms with Gasteiger partial charge < -0.3 is 19.7 Å². The first-order valence-electron chi connectivity index (χ1n) is 14.7. The summed E-state index contributed by atoms with van der Waals surface area (Å²) in [5.41, 5.74) is 1.12. The summed E-state index contributed by atoms with van der Waals surface area (Å²) in [6.45, 7) is 1.54. The van der Waals surface area contributed by atoms with E-state index < -0.39 is 28.5 Å². The third-order valence-corrected chi connectivity index (χ3v) is 8.77. The molecular formula is C33H41N3O6S. The van der Waals surface area contributed by atoms with Crippen molar-refractivity contribution in [1.82, 2.24) is 10.2 Å². The van der Waals surface area contributed by atoms with Crippen LogP contribution in [0, 0.1) is 0 Å². The van der Waals surface area contributed by atoms with E-state index in [1.807, 2.05) is 49.4 Å². The third-order valence-electron chi connectivity index (χ3n) is 7.63. The zero-order valence-corrected chi connectivity index (χ0v) is 25.9. The highest BCUT2D eigenvalue weighted by Crippen LogP contribution is 2.26. The Bertz CT molecular complexity index is 1440. The van der Waals surface area contributed by atoms with Gasteiger partial charge in [0.05, 0.1) is 19.1 Å². The molecule has 1 aliphatic carbocycles. The number of benzene rings is 3. The van der Waals surface area contributed by atoms with E-state index in [1.165, 1.54) is 4.90 Å². The number of hydrogen-bond acceptors (Lipinski definition) is 6. The van der Waals surface area contributed by atoms with E-state index in [1.54, 1.807) is 43.5 Å². The molecule has 0 radical (unpaired) electrons. The minimum atomic E-state index is -3.85. The summed E-state index contributed by atoms with van der Waals surface area (Å²) in [5, 5.41) is 3.15. The maximum absolute atomic E-state index is 14.0. The van der Waals surface area contributed by atoms with Gasteiger partial charge in [0.2, 0.25) is 21.8 Å². The van der Waals surface area contributed by atoms with Crippen molar-refractivity contribution in [2.75, 3.05) is 24.2 Å². The first-order valence-corrected chi connectivity index (χ1v) is 16.6. The molecule has 0 unspecified atom stereocenters. The molecule has 0 bridgehead atoms. The van der Waals surface area contributed by atoms with Crippen LogP contribution in [0.2, 0.25) is 0 Å². The second kappa shape index (κ2) is 14.9. The molecule has 10 heteroatoms. The molecule has 4 rings (SSSR count). The molecule has 1 atom stereocenters. The molecule has 3 aromatic carbocycles. The van der Waals surface area contributed by atoms with Gasteiger partial charge in [0.15, 0.2) is 0 Å². The van der Waals surface area contributed by atoms with Crippen LogP contribution in [0.15, 0.2) is 78.9 Å². The zero-order chi connectivity index (χ0) is 30.8. The van der Waals surface area contributed by atoms with Crippen LogP contribution in [0.25, 0.3) is 0 Å². The molecule has 9 nitrogen and oxygen atoms in total. The van der Waals surface area contributed by atoms with Crippen LogP contribution in [-0.2, 0) is 26.2 Å². The first kappa shape index (κ1) is 31.9. The average molecular weight is 608 g/mol. The van der Waals surface area contributed by atoms with Crippen LogP contribution in [0.3, 0.4) is 0 Å². The normalized spacial score (nSPS) is 14.4. The molecule has 0 spiro atoms. The number of nitrogens with one attached hydrogen (secondary N) is 1. The molecular weight excluding hydrogens is 566 g/mol. The summed E-state index contributed by atoms with van der Waals surface area (Å²) in [4.78, 5) is 29.0. The van der Waals surface area contributed by atoms with Crippen molar-refractivity contribution < 1.29 is 27.5 Å². The van der Waals surface area contributed by atoms with Crippen molar-refractivity contribution in [1.29, 1.82) is 0 Å². The van der Waals surface area contributed by atoms with Gasteiger partial charge in [0.25, 0.3) is 0 Å². The Kier molecular flexibility index (Phi) is 11.1. The Morgan fingerprint density at radius 1 is 0.884 bits per heavy atom.